The zero-order chi connectivity index (χ0) is 18.6. The summed E-state index contributed by atoms with van der Waals surface area (Å²) in [7, 11) is 0. The van der Waals surface area contributed by atoms with E-state index in [2.05, 4.69) is 15.3 Å². The fraction of sp³-hybridized carbons (Fsp3) is 0. The maximum absolute atomic E-state index is 12.7. The van der Waals surface area contributed by atoms with Crippen LogP contribution in [0.1, 0.15) is 10.4 Å². The number of allylic oxidation sites excluding steroid dienone is 1. The van der Waals surface area contributed by atoms with Crippen molar-refractivity contribution in [1.29, 1.82) is 5.26 Å². The second kappa shape index (κ2) is 7.28. The lowest BCUT2D eigenvalue weighted by Gasteiger charge is -1.99. The number of nitriles is 1. The molecule has 5 nitrogen and oxygen atoms in total. The van der Waals surface area contributed by atoms with Gasteiger partial charge in [0.2, 0.25) is 5.78 Å². The van der Waals surface area contributed by atoms with Crippen LogP contribution in [0.15, 0.2) is 77.9 Å². The fourth-order valence-corrected chi connectivity index (χ4v) is 3.46. The van der Waals surface area contributed by atoms with Crippen molar-refractivity contribution in [2.24, 2.45) is 0 Å². The predicted molar refractivity (Wildman–Crippen MR) is 107 cm³/mol. The minimum Gasteiger partial charge on any atom is -0.360 e. The van der Waals surface area contributed by atoms with E-state index in [1.54, 1.807) is 6.20 Å². The van der Waals surface area contributed by atoms with E-state index < -0.39 is 0 Å². The molecule has 6 heteroatoms. The van der Waals surface area contributed by atoms with Crippen LogP contribution >= 0.6 is 11.3 Å². The van der Waals surface area contributed by atoms with Crippen molar-refractivity contribution < 1.29 is 4.79 Å². The third-order valence-electron chi connectivity index (χ3n) is 4.11. The molecule has 0 saturated carbocycles. The third-order valence-corrected chi connectivity index (χ3v) is 4.89. The molecule has 2 aromatic carbocycles. The number of aromatic amines is 1. The smallest absolute Gasteiger partial charge is 0.207 e. The zero-order valence-electron chi connectivity index (χ0n) is 14.1. The Morgan fingerprint density at radius 1 is 1.15 bits per heavy atom. The molecule has 0 fully saturated rings. The van der Waals surface area contributed by atoms with Crippen molar-refractivity contribution in [3.8, 4) is 17.3 Å². The Kier molecular flexibility index (Phi) is 4.52. The number of ketones is 1. The van der Waals surface area contributed by atoms with Crippen molar-refractivity contribution in [1.82, 2.24) is 9.97 Å². The Hall–Kier alpha value is -3.69. The van der Waals surface area contributed by atoms with Gasteiger partial charge in [-0.1, -0.05) is 48.5 Å². The maximum atomic E-state index is 12.7. The molecule has 27 heavy (non-hydrogen) atoms. The Morgan fingerprint density at radius 2 is 1.93 bits per heavy atom. The van der Waals surface area contributed by atoms with Gasteiger partial charge in [0.15, 0.2) is 5.13 Å². The number of thiazole rings is 1. The Morgan fingerprint density at radius 3 is 2.74 bits per heavy atom. The average Bonchev–Trinajstić information content (AvgIpc) is 3.36. The summed E-state index contributed by atoms with van der Waals surface area (Å²) in [5.41, 5.74) is 3.22. The first-order chi connectivity index (χ1) is 13.3. The lowest BCUT2D eigenvalue weighted by molar-refractivity contribution is 0.104. The van der Waals surface area contributed by atoms with Crippen LogP contribution < -0.4 is 5.32 Å². The number of fused-ring (bicyclic) bond motifs is 1. The summed E-state index contributed by atoms with van der Waals surface area (Å²) >= 11 is 1.41. The normalized spacial score (nSPS) is 11.3. The molecular weight excluding hydrogens is 356 g/mol. The van der Waals surface area contributed by atoms with Crippen LogP contribution in [0.2, 0.25) is 0 Å². The largest absolute Gasteiger partial charge is 0.360 e. The second-order valence-corrected chi connectivity index (χ2v) is 6.65. The molecule has 0 aliphatic rings. The monoisotopic (exact) mass is 370 g/mol. The van der Waals surface area contributed by atoms with Gasteiger partial charge in [-0.15, -0.1) is 11.3 Å². The van der Waals surface area contributed by atoms with Crippen LogP contribution in [0.25, 0.3) is 22.2 Å². The second-order valence-electron chi connectivity index (χ2n) is 5.80. The number of anilines is 1. The molecule has 0 amide bonds. The number of para-hydroxylation sites is 1. The molecule has 0 bridgehead atoms. The number of hydrogen-bond acceptors (Lipinski definition) is 5. The van der Waals surface area contributed by atoms with E-state index in [0.29, 0.717) is 10.7 Å². The predicted octanol–water partition coefficient (Wildman–Crippen LogP) is 4.99. The van der Waals surface area contributed by atoms with E-state index in [0.717, 1.165) is 22.2 Å². The van der Waals surface area contributed by atoms with E-state index in [-0.39, 0.29) is 11.4 Å². The van der Waals surface area contributed by atoms with Gasteiger partial charge >= 0.3 is 0 Å². The number of benzene rings is 2. The molecule has 4 rings (SSSR count). The maximum Gasteiger partial charge on any atom is 0.207 e. The third kappa shape index (κ3) is 3.36. The first-order valence-electron chi connectivity index (χ1n) is 8.25. The highest BCUT2D eigenvalue weighted by atomic mass is 32.1. The molecule has 0 saturated heterocycles. The molecule has 2 N–H and O–H groups in total. The van der Waals surface area contributed by atoms with Crippen LogP contribution in [-0.4, -0.2) is 15.8 Å². The summed E-state index contributed by atoms with van der Waals surface area (Å²) in [6.07, 6.45) is 3.05. The quantitative estimate of drug-likeness (QED) is 0.294. The topological polar surface area (TPSA) is 81.6 Å². The van der Waals surface area contributed by atoms with Crippen molar-refractivity contribution in [2.45, 2.75) is 0 Å². The van der Waals surface area contributed by atoms with Gasteiger partial charge in [0, 0.05) is 39.8 Å². The summed E-state index contributed by atoms with van der Waals surface area (Å²) in [5, 5.41) is 15.7. The van der Waals surface area contributed by atoms with Gasteiger partial charge in [0.05, 0.1) is 5.69 Å². The Bertz CT molecular complexity index is 1180. The van der Waals surface area contributed by atoms with Gasteiger partial charge in [0.25, 0.3) is 0 Å². The minimum absolute atomic E-state index is 0.0243. The number of carbonyl (C=O) groups excluding carboxylic acids is 1. The number of H-pyrrole nitrogens is 1. The zero-order valence-corrected chi connectivity index (χ0v) is 15.0. The summed E-state index contributed by atoms with van der Waals surface area (Å²) in [6.45, 7) is 0. The van der Waals surface area contributed by atoms with E-state index in [1.165, 1.54) is 17.5 Å². The molecule has 130 valence electrons. The van der Waals surface area contributed by atoms with Crippen molar-refractivity contribution >= 4 is 33.2 Å². The minimum atomic E-state index is -0.331. The molecule has 4 aromatic rings. The number of Topliss-reactive ketones (excluding diaryl/α,β-unsaturated/α-hetero) is 1. The molecule has 0 spiro atoms. The molecule has 0 radical (unpaired) electrons. The number of aromatic nitrogens is 2. The number of nitrogens with one attached hydrogen (secondary N) is 2. The van der Waals surface area contributed by atoms with Crippen LogP contribution in [-0.2, 0) is 0 Å². The molecule has 2 aromatic heterocycles. The van der Waals surface area contributed by atoms with Gasteiger partial charge in [-0.3, -0.25) is 4.79 Å². The van der Waals surface area contributed by atoms with E-state index in [4.69, 9.17) is 0 Å². The summed E-state index contributed by atoms with van der Waals surface area (Å²) < 4.78 is 0. The van der Waals surface area contributed by atoms with Crippen molar-refractivity contribution in [2.75, 3.05) is 5.32 Å². The van der Waals surface area contributed by atoms with E-state index in [1.807, 2.05) is 66.0 Å². The molecule has 2 heterocycles. The highest BCUT2D eigenvalue weighted by molar-refractivity contribution is 7.14. The molecule has 0 aliphatic carbocycles. The van der Waals surface area contributed by atoms with Crippen LogP contribution in [0, 0.1) is 11.3 Å². The summed E-state index contributed by atoms with van der Waals surface area (Å²) in [4.78, 5) is 20.3. The van der Waals surface area contributed by atoms with Crippen LogP contribution in [0.3, 0.4) is 0 Å². The first kappa shape index (κ1) is 16.8. The molecular formula is C21H14N4OS. The van der Waals surface area contributed by atoms with Crippen LogP contribution in [0.4, 0.5) is 5.13 Å². The molecule has 0 aliphatic heterocycles. The lowest BCUT2D eigenvalue weighted by atomic mass is 10.0. The van der Waals surface area contributed by atoms with Gasteiger partial charge in [-0.25, -0.2) is 4.98 Å². The lowest BCUT2D eigenvalue weighted by Crippen LogP contribution is -2.03. The molecule has 0 atom stereocenters. The summed E-state index contributed by atoms with van der Waals surface area (Å²) in [5.74, 6) is -0.331. The number of hydrogen-bond donors (Lipinski definition) is 2. The van der Waals surface area contributed by atoms with Gasteiger partial charge < -0.3 is 10.3 Å². The SMILES string of the molecule is N#C/C(=C\Nc1nc(-c2ccccc2)cs1)C(=O)c1c[nH]c2ccccc12. The van der Waals surface area contributed by atoms with Gasteiger partial charge in [0.1, 0.15) is 11.6 Å². The van der Waals surface area contributed by atoms with Crippen molar-refractivity contribution in [3.63, 3.8) is 0 Å². The average molecular weight is 370 g/mol. The number of rotatable bonds is 5. The summed E-state index contributed by atoms with van der Waals surface area (Å²) in [6, 6.07) is 19.3. The fourth-order valence-electron chi connectivity index (χ4n) is 2.77. The highest BCUT2D eigenvalue weighted by Crippen LogP contribution is 2.25. The molecule has 0 unspecified atom stereocenters. The highest BCUT2D eigenvalue weighted by Gasteiger charge is 2.16. The van der Waals surface area contributed by atoms with Crippen LogP contribution in [0.5, 0.6) is 0 Å². The van der Waals surface area contributed by atoms with Gasteiger partial charge in [-0.05, 0) is 6.07 Å². The van der Waals surface area contributed by atoms with Crippen molar-refractivity contribution in [3.05, 3.63) is 83.5 Å². The van der Waals surface area contributed by atoms with E-state index in [9.17, 15) is 10.1 Å². The number of nitrogens with zero attached hydrogens (tertiary/aromatic N) is 2. The standard InChI is InChI=1S/C21H14N4OS/c22-10-15(20(26)17-12-23-18-9-5-4-8-16(17)18)11-24-21-25-19(13-27-21)14-6-2-1-3-7-14/h1-9,11-13,23H,(H,24,25)/b15-11+. The first-order valence-corrected chi connectivity index (χ1v) is 9.13. The number of carbonyl (C=O) groups is 1. The van der Waals surface area contributed by atoms with Gasteiger partial charge in [-0.2, -0.15) is 5.26 Å². The van der Waals surface area contributed by atoms with E-state index >= 15 is 0 Å². The Balaban J connectivity index is 1.56. The Labute approximate surface area is 159 Å².